The third kappa shape index (κ3) is 2.78. The zero-order chi connectivity index (χ0) is 11.4. The molecule has 0 radical (unpaired) electrons. The Kier molecular flexibility index (Phi) is 3.88. The van der Waals surface area contributed by atoms with Crippen LogP contribution in [0.4, 0.5) is 0 Å². The number of ether oxygens (including phenoxy) is 1. The van der Waals surface area contributed by atoms with Crippen LogP contribution in [0.3, 0.4) is 0 Å². The van der Waals surface area contributed by atoms with E-state index >= 15 is 0 Å². The van der Waals surface area contributed by atoms with Crippen LogP contribution < -0.4 is 11.3 Å². The number of hydrogen-bond donors (Lipinski definition) is 2. The highest BCUT2D eigenvalue weighted by molar-refractivity contribution is 5.12. The summed E-state index contributed by atoms with van der Waals surface area (Å²) in [4.78, 5) is 4.01. The van der Waals surface area contributed by atoms with Crippen LogP contribution in [-0.2, 0) is 11.2 Å². The minimum atomic E-state index is 0.180. The smallest absolute Gasteiger partial charge is 0.0769 e. The fraction of sp³-hybridized carbons (Fsp3) is 0.583. The van der Waals surface area contributed by atoms with E-state index in [2.05, 4.69) is 10.4 Å². The van der Waals surface area contributed by atoms with Crippen molar-refractivity contribution in [1.82, 2.24) is 10.4 Å². The van der Waals surface area contributed by atoms with E-state index in [4.69, 9.17) is 10.6 Å². The molecule has 1 saturated carbocycles. The quantitative estimate of drug-likeness (QED) is 0.553. The summed E-state index contributed by atoms with van der Waals surface area (Å²) < 4.78 is 5.54. The fourth-order valence-electron chi connectivity index (χ4n) is 2.15. The fourth-order valence-corrected chi connectivity index (χ4v) is 2.15. The Morgan fingerprint density at radius 1 is 1.50 bits per heavy atom. The molecular formula is C12H19N3O. The molecule has 0 bridgehead atoms. The van der Waals surface area contributed by atoms with Crippen LogP contribution in [0.5, 0.6) is 0 Å². The van der Waals surface area contributed by atoms with E-state index in [9.17, 15) is 0 Å². The number of hydrazine groups is 1. The summed E-state index contributed by atoms with van der Waals surface area (Å²) in [6.45, 7) is 0. The number of nitrogens with two attached hydrogens (primary N) is 1. The normalized spacial score (nSPS) is 19.4. The summed E-state index contributed by atoms with van der Waals surface area (Å²) in [7, 11) is 1.76. The van der Waals surface area contributed by atoms with Gasteiger partial charge in [-0.1, -0.05) is 0 Å². The van der Waals surface area contributed by atoms with Crippen molar-refractivity contribution in [3.63, 3.8) is 0 Å². The second-order valence-electron chi connectivity index (χ2n) is 4.37. The van der Waals surface area contributed by atoms with E-state index in [0.717, 1.165) is 6.42 Å². The Labute approximate surface area is 96.2 Å². The van der Waals surface area contributed by atoms with E-state index in [1.165, 1.54) is 18.4 Å². The molecule has 3 N–H and O–H groups in total. The third-order valence-corrected chi connectivity index (χ3v) is 3.17. The van der Waals surface area contributed by atoms with E-state index in [0.29, 0.717) is 5.92 Å². The number of nitrogens with zero attached hydrogens (tertiary/aromatic N) is 1. The Balaban J connectivity index is 1.99. The van der Waals surface area contributed by atoms with Crippen LogP contribution in [0.2, 0.25) is 0 Å². The van der Waals surface area contributed by atoms with E-state index < -0.39 is 0 Å². The van der Waals surface area contributed by atoms with Gasteiger partial charge in [-0.05, 0) is 42.9 Å². The summed E-state index contributed by atoms with van der Waals surface area (Å²) in [6, 6.07) is 4.22. The third-order valence-electron chi connectivity index (χ3n) is 3.17. The number of methoxy groups -OCH3 is 1. The van der Waals surface area contributed by atoms with Gasteiger partial charge < -0.3 is 4.74 Å². The maximum Gasteiger partial charge on any atom is 0.0769 e. The molecule has 0 aromatic carbocycles. The van der Waals surface area contributed by atoms with Crippen LogP contribution in [0.15, 0.2) is 24.5 Å². The number of hydrogen-bond acceptors (Lipinski definition) is 4. The molecule has 1 fully saturated rings. The van der Waals surface area contributed by atoms with E-state index in [1.807, 2.05) is 24.5 Å². The second-order valence-corrected chi connectivity index (χ2v) is 4.37. The van der Waals surface area contributed by atoms with Crippen molar-refractivity contribution in [2.24, 2.45) is 11.8 Å². The van der Waals surface area contributed by atoms with Gasteiger partial charge >= 0.3 is 0 Å². The highest BCUT2D eigenvalue weighted by atomic mass is 16.5. The number of rotatable bonds is 6. The molecule has 0 spiro atoms. The van der Waals surface area contributed by atoms with Gasteiger partial charge in [0, 0.05) is 19.5 Å². The first-order chi connectivity index (χ1) is 7.85. The first-order valence-electron chi connectivity index (χ1n) is 5.73. The predicted molar refractivity (Wildman–Crippen MR) is 62.6 cm³/mol. The number of nitrogens with one attached hydrogen (secondary N) is 1. The van der Waals surface area contributed by atoms with Crippen molar-refractivity contribution in [3.8, 4) is 0 Å². The lowest BCUT2D eigenvalue weighted by atomic mass is 9.99. The summed E-state index contributed by atoms with van der Waals surface area (Å²) in [5, 5.41) is 0. The zero-order valence-electron chi connectivity index (χ0n) is 9.60. The monoisotopic (exact) mass is 221 g/mol. The van der Waals surface area contributed by atoms with Crippen molar-refractivity contribution in [1.29, 1.82) is 0 Å². The lowest BCUT2D eigenvalue weighted by Crippen LogP contribution is -2.47. The van der Waals surface area contributed by atoms with Crippen molar-refractivity contribution >= 4 is 0 Å². The average Bonchev–Trinajstić information content (AvgIpc) is 3.14. The molecule has 4 nitrogen and oxygen atoms in total. The number of aromatic nitrogens is 1. The maximum atomic E-state index is 5.62. The molecule has 4 heteroatoms. The molecule has 0 saturated heterocycles. The molecule has 16 heavy (non-hydrogen) atoms. The van der Waals surface area contributed by atoms with Crippen molar-refractivity contribution in [2.45, 2.75) is 31.4 Å². The van der Waals surface area contributed by atoms with Gasteiger partial charge in [0.2, 0.25) is 0 Å². The van der Waals surface area contributed by atoms with Gasteiger partial charge in [0.25, 0.3) is 0 Å². The summed E-state index contributed by atoms with van der Waals surface area (Å²) in [5.41, 5.74) is 4.11. The van der Waals surface area contributed by atoms with Crippen LogP contribution in [0, 0.1) is 5.92 Å². The van der Waals surface area contributed by atoms with E-state index in [1.54, 1.807) is 7.11 Å². The highest BCUT2D eigenvalue weighted by Crippen LogP contribution is 2.36. The molecule has 1 aromatic rings. The Morgan fingerprint density at radius 3 is 2.69 bits per heavy atom. The standard InChI is InChI=1S/C12H19N3O/c1-16-12(10-2-3-10)11(15-13)8-9-4-6-14-7-5-9/h4-7,10-12,15H,2-3,8,13H2,1H3. The van der Waals surface area contributed by atoms with Gasteiger partial charge in [0.05, 0.1) is 12.1 Å². The minimum absolute atomic E-state index is 0.180. The lowest BCUT2D eigenvalue weighted by Gasteiger charge is -2.25. The topological polar surface area (TPSA) is 60.2 Å². The van der Waals surface area contributed by atoms with Crippen molar-refractivity contribution < 1.29 is 4.74 Å². The van der Waals surface area contributed by atoms with Gasteiger partial charge in [-0.15, -0.1) is 0 Å². The first-order valence-corrected chi connectivity index (χ1v) is 5.73. The lowest BCUT2D eigenvalue weighted by molar-refractivity contribution is 0.0511. The molecule has 1 aliphatic carbocycles. The zero-order valence-corrected chi connectivity index (χ0v) is 9.60. The Hall–Kier alpha value is -0.970. The Morgan fingerprint density at radius 2 is 2.19 bits per heavy atom. The van der Waals surface area contributed by atoms with E-state index in [-0.39, 0.29) is 12.1 Å². The number of pyridine rings is 1. The molecule has 2 rings (SSSR count). The molecular weight excluding hydrogens is 202 g/mol. The summed E-state index contributed by atoms with van der Waals surface area (Å²) >= 11 is 0. The molecule has 1 aliphatic rings. The molecule has 2 atom stereocenters. The SMILES string of the molecule is COC(C1CC1)C(Cc1ccncc1)NN. The van der Waals surface area contributed by atoms with Gasteiger partial charge in [0.15, 0.2) is 0 Å². The van der Waals surface area contributed by atoms with Crippen LogP contribution in [0.1, 0.15) is 18.4 Å². The molecule has 1 heterocycles. The molecule has 2 unspecified atom stereocenters. The predicted octanol–water partition coefficient (Wildman–Crippen LogP) is 0.881. The first kappa shape index (κ1) is 11.5. The molecule has 88 valence electrons. The molecule has 0 aliphatic heterocycles. The van der Waals surface area contributed by atoms with Gasteiger partial charge in [0.1, 0.15) is 0 Å². The second kappa shape index (κ2) is 5.39. The van der Waals surface area contributed by atoms with Crippen molar-refractivity contribution in [2.75, 3.05) is 7.11 Å². The summed E-state index contributed by atoms with van der Waals surface area (Å²) in [6.07, 6.45) is 7.23. The highest BCUT2D eigenvalue weighted by Gasteiger charge is 2.36. The molecule has 0 amide bonds. The minimum Gasteiger partial charge on any atom is -0.379 e. The van der Waals surface area contributed by atoms with Crippen LogP contribution in [0.25, 0.3) is 0 Å². The van der Waals surface area contributed by atoms with Crippen molar-refractivity contribution in [3.05, 3.63) is 30.1 Å². The molecule has 1 aromatic heterocycles. The average molecular weight is 221 g/mol. The van der Waals surface area contributed by atoms with Crippen LogP contribution in [-0.4, -0.2) is 24.2 Å². The van der Waals surface area contributed by atoms with Gasteiger partial charge in [-0.2, -0.15) is 0 Å². The largest absolute Gasteiger partial charge is 0.379 e. The maximum absolute atomic E-state index is 5.62. The van der Waals surface area contributed by atoms with Crippen LogP contribution >= 0.6 is 0 Å². The Bertz CT molecular complexity index is 313. The summed E-state index contributed by atoms with van der Waals surface area (Å²) in [5.74, 6) is 6.29. The van der Waals surface area contributed by atoms with Gasteiger partial charge in [-0.25, -0.2) is 0 Å². The van der Waals surface area contributed by atoms with Gasteiger partial charge in [-0.3, -0.25) is 16.3 Å².